The molecule has 0 bridgehead atoms. The van der Waals surface area contributed by atoms with Crippen molar-refractivity contribution in [1.82, 2.24) is 34.4 Å². The highest BCUT2D eigenvalue weighted by atomic mass is 16.5. The van der Waals surface area contributed by atoms with Crippen molar-refractivity contribution in [2.24, 2.45) is 5.92 Å². The fourth-order valence-electron chi connectivity index (χ4n) is 4.36. The number of nitrogens with zero attached hydrogens (tertiary/aromatic N) is 9. The van der Waals surface area contributed by atoms with Crippen LogP contribution in [0.2, 0.25) is 0 Å². The zero-order chi connectivity index (χ0) is 23.7. The number of nitrogen functional groups attached to an aromatic ring is 1. The topological polar surface area (TPSA) is 131 Å². The number of carbonyl (C=O) groups excluding carboxylic acids is 1. The van der Waals surface area contributed by atoms with Gasteiger partial charge in [0, 0.05) is 58.2 Å². The summed E-state index contributed by atoms with van der Waals surface area (Å²) in [4.78, 5) is 40.7. The molecular formula is C22H30N10O2. The van der Waals surface area contributed by atoms with E-state index in [4.69, 9.17) is 25.4 Å². The van der Waals surface area contributed by atoms with Crippen molar-refractivity contribution >= 4 is 35.3 Å². The van der Waals surface area contributed by atoms with Crippen LogP contribution in [0, 0.1) is 5.92 Å². The molecule has 2 N–H and O–H groups in total. The zero-order valence-electron chi connectivity index (χ0n) is 19.6. The van der Waals surface area contributed by atoms with Gasteiger partial charge in [-0.2, -0.15) is 0 Å². The number of anilines is 3. The fourth-order valence-corrected chi connectivity index (χ4v) is 4.36. The Hall–Kier alpha value is -3.54. The lowest BCUT2D eigenvalue weighted by molar-refractivity contribution is -0.118. The summed E-state index contributed by atoms with van der Waals surface area (Å²) in [7, 11) is 0. The Morgan fingerprint density at radius 3 is 2.35 bits per heavy atom. The molecule has 2 aliphatic heterocycles. The molecule has 0 aliphatic carbocycles. The molecule has 12 heteroatoms. The first kappa shape index (κ1) is 22.3. The molecule has 2 aliphatic rings. The minimum absolute atomic E-state index is 0.208. The largest absolute Gasteiger partial charge is 0.378 e. The Kier molecular flexibility index (Phi) is 6.14. The molecule has 3 aromatic rings. The van der Waals surface area contributed by atoms with Gasteiger partial charge in [-0.1, -0.05) is 13.8 Å². The molecule has 2 saturated heterocycles. The summed E-state index contributed by atoms with van der Waals surface area (Å²) in [5, 5.41) is 0. The van der Waals surface area contributed by atoms with E-state index in [-0.39, 0.29) is 5.95 Å². The number of rotatable bonds is 6. The first-order valence-electron chi connectivity index (χ1n) is 11.7. The molecule has 2 fully saturated rings. The van der Waals surface area contributed by atoms with Gasteiger partial charge in [0.1, 0.15) is 0 Å². The average Bonchev–Trinajstić information content (AvgIpc) is 3.22. The number of piperazine rings is 1. The van der Waals surface area contributed by atoms with Gasteiger partial charge < -0.3 is 25.2 Å². The molecule has 0 aromatic carbocycles. The minimum atomic E-state index is 0.208. The van der Waals surface area contributed by atoms with Crippen LogP contribution in [0.25, 0.3) is 22.6 Å². The van der Waals surface area contributed by atoms with E-state index in [0.29, 0.717) is 43.6 Å². The van der Waals surface area contributed by atoms with E-state index >= 15 is 0 Å². The molecule has 0 atom stereocenters. The SMILES string of the molecule is CC(C)Cn1c(N2CCN(C=O)CC2)nc2c(N3CCOCC3)nc(-c3cnc(N)nc3)nc21. The molecule has 34 heavy (non-hydrogen) atoms. The summed E-state index contributed by atoms with van der Waals surface area (Å²) in [5.74, 6) is 2.78. The van der Waals surface area contributed by atoms with Crippen LogP contribution >= 0.6 is 0 Å². The summed E-state index contributed by atoms with van der Waals surface area (Å²) in [5.41, 5.74) is 7.95. The number of hydrogen-bond donors (Lipinski definition) is 1. The second kappa shape index (κ2) is 9.37. The van der Waals surface area contributed by atoms with Crippen molar-refractivity contribution in [2.45, 2.75) is 20.4 Å². The number of nitrogens with two attached hydrogens (primary N) is 1. The van der Waals surface area contributed by atoms with Gasteiger partial charge in [-0.25, -0.2) is 24.9 Å². The maximum Gasteiger partial charge on any atom is 0.219 e. The summed E-state index contributed by atoms with van der Waals surface area (Å²) < 4.78 is 7.76. The van der Waals surface area contributed by atoms with Crippen molar-refractivity contribution < 1.29 is 9.53 Å². The Labute approximate surface area is 197 Å². The van der Waals surface area contributed by atoms with E-state index in [1.807, 2.05) is 0 Å². The molecule has 0 saturated carbocycles. The van der Waals surface area contributed by atoms with Crippen LogP contribution < -0.4 is 15.5 Å². The van der Waals surface area contributed by atoms with Crippen molar-refractivity contribution in [3.63, 3.8) is 0 Å². The van der Waals surface area contributed by atoms with E-state index in [2.05, 4.69) is 38.2 Å². The number of aromatic nitrogens is 6. The van der Waals surface area contributed by atoms with Crippen molar-refractivity contribution in [2.75, 3.05) is 68.0 Å². The minimum Gasteiger partial charge on any atom is -0.378 e. The number of amides is 1. The molecule has 12 nitrogen and oxygen atoms in total. The number of hydrogen-bond acceptors (Lipinski definition) is 10. The van der Waals surface area contributed by atoms with Crippen LogP contribution in [0.5, 0.6) is 0 Å². The lowest BCUT2D eigenvalue weighted by Crippen LogP contribution is -2.46. The first-order valence-corrected chi connectivity index (χ1v) is 11.7. The second-order valence-corrected chi connectivity index (χ2v) is 9.02. The normalized spacial score (nSPS) is 17.1. The molecule has 5 heterocycles. The lowest BCUT2D eigenvalue weighted by Gasteiger charge is -2.33. The average molecular weight is 467 g/mol. The van der Waals surface area contributed by atoms with E-state index in [9.17, 15) is 4.79 Å². The Morgan fingerprint density at radius 1 is 1.00 bits per heavy atom. The van der Waals surface area contributed by atoms with E-state index in [1.54, 1.807) is 17.3 Å². The number of ether oxygens (including phenoxy) is 1. The third-order valence-electron chi connectivity index (χ3n) is 6.09. The van der Waals surface area contributed by atoms with E-state index in [0.717, 1.165) is 62.1 Å². The molecule has 0 radical (unpaired) electrons. The van der Waals surface area contributed by atoms with Crippen LogP contribution in [-0.4, -0.2) is 93.3 Å². The highest BCUT2D eigenvalue weighted by Gasteiger charge is 2.27. The van der Waals surface area contributed by atoms with Gasteiger partial charge in [-0.3, -0.25) is 9.36 Å². The summed E-state index contributed by atoms with van der Waals surface area (Å²) in [6.45, 7) is 10.6. The molecule has 3 aromatic heterocycles. The van der Waals surface area contributed by atoms with Gasteiger partial charge in [-0.15, -0.1) is 0 Å². The summed E-state index contributed by atoms with van der Waals surface area (Å²) >= 11 is 0. The third-order valence-corrected chi connectivity index (χ3v) is 6.09. The van der Waals surface area contributed by atoms with Crippen LogP contribution in [0.1, 0.15) is 13.8 Å². The van der Waals surface area contributed by atoms with Crippen molar-refractivity contribution in [3.05, 3.63) is 12.4 Å². The Morgan fingerprint density at radius 2 is 1.71 bits per heavy atom. The Bertz CT molecular complexity index is 1150. The molecule has 0 unspecified atom stereocenters. The first-order chi connectivity index (χ1) is 16.5. The van der Waals surface area contributed by atoms with E-state index in [1.165, 1.54) is 0 Å². The Balaban J connectivity index is 1.67. The van der Waals surface area contributed by atoms with Crippen LogP contribution in [0.4, 0.5) is 17.7 Å². The highest BCUT2D eigenvalue weighted by Crippen LogP contribution is 2.32. The molecule has 1 amide bonds. The highest BCUT2D eigenvalue weighted by molar-refractivity contribution is 5.88. The number of imidazole rings is 1. The van der Waals surface area contributed by atoms with Gasteiger partial charge in [0.25, 0.3) is 0 Å². The van der Waals surface area contributed by atoms with Crippen LogP contribution in [0.15, 0.2) is 12.4 Å². The quantitative estimate of drug-likeness (QED) is 0.516. The van der Waals surface area contributed by atoms with Crippen molar-refractivity contribution in [3.8, 4) is 11.4 Å². The smallest absolute Gasteiger partial charge is 0.219 e. The van der Waals surface area contributed by atoms with E-state index < -0.39 is 0 Å². The third kappa shape index (κ3) is 4.32. The van der Waals surface area contributed by atoms with Gasteiger partial charge in [-0.05, 0) is 5.92 Å². The number of morpholine rings is 1. The van der Waals surface area contributed by atoms with Crippen molar-refractivity contribution in [1.29, 1.82) is 0 Å². The molecular weight excluding hydrogens is 436 g/mol. The van der Waals surface area contributed by atoms with Gasteiger partial charge in [0.15, 0.2) is 22.8 Å². The van der Waals surface area contributed by atoms with Gasteiger partial charge in [0.2, 0.25) is 18.3 Å². The standard InChI is InChI=1S/C22H30N10O2/c1-15(2)13-32-20-17(26-22(32)31-5-3-29(14-33)4-6-31)19(30-7-9-34-10-8-30)27-18(28-20)16-11-24-21(23)25-12-16/h11-12,14-15H,3-10,13H2,1-2H3,(H2,23,24,25). The maximum atomic E-state index is 11.2. The lowest BCUT2D eigenvalue weighted by atomic mass is 10.2. The predicted molar refractivity (Wildman–Crippen MR) is 128 cm³/mol. The summed E-state index contributed by atoms with van der Waals surface area (Å²) in [6.07, 6.45) is 4.21. The maximum absolute atomic E-state index is 11.2. The van der Waals surface area contributed by atoms with Gasteiger partial charge in [0.05, 0.1) is 18.8 Å². The second-order valence-electron chi connectivity index (χ2n) is 9.02. The molecule has 5 rings (SSSR count). The number of fused-ring (bicyclic) bond motifs is 1. The molecule has 180 valence electrons. The molecule has 0 spiro atoms. The monoisotopic (exact) mass is 466 g/mol. The fraction of sp³-hybridized carbons (Fsp3) is 0.545. The van der Waals surface area contributed by atoms with Crippen LogP contribution in [0.3, 0.4) is 0 Å². The predicted octanol–water partition coefficient (Wildman–Crippen LogP) is 0.637. The number of carbonyl (C=O) groups is 1. The van der Waals surface area contributed by atoms with Crippen LogP contribution in [-0.2, 0) is 16.1 Å². The summed E-state index contributed by atoms with van der Waals surface area (Å²) in [6, 6.07) is 0. The zero-order valence-corrected chi connectivity index (χ0v) is 19.6. The van der Waals surface area contributed by atoms with Gasteiger partial charge >= 0.3 is 0 Å².